The first kappa shape index (κ1) is 28.6. The summed E-state index contributed by atoms with van der Waals surface area (Å²) in [6.07, 6.45) is 2.43. The first-order valence-corrected chi connectivity index (χ1v) is 12.4. The Bertz CT molecular complexity index is 1380. The third kappa shape index (κ3) is 7.06. The van der Waals surface area contributed by atoms with Crippen molar-refractivity contribution in [2.45, 2.75) is 26.0 Å². The Kier molecular flexibility index (Phi) is 10.4. The van der Waals surface area contributed by atoms with Crippen LogP contribution < -0.4 is 11.2 Å². The number of rotatable bonds is 12. The Balaban J connectivity index is 2.29. The van der Waals surface area contributed by atoms with Crippen molar-refractivity contribution in [3.05, 3.63) is 78.5 Å². The summed E-state index contributed by atoms with van der Waals surface area (Å²) in [7, 11) is 5.48. The highest BCUT2D eigenvalue weighted by atomic mass is 35.5. The maximum absolute atomic E-state index is 13.6. The molecule has 0 unspecified atom stereocenters. The lowest BCUT2D eigenvalue weighted by molar-refractivity contribution is 0.0300. The minimum Gasteiger partial charge on any atom is -0.382 e. The molecule has 0 radical (unpaired) electrons. The molecule has 0 aliphatic rings. The summed E-state index contributed by atoms with van der Waals surface area (Å²) >= 11 is 13.0. The molecular formula is C26H29Cl2N5O4. The van der Waals surface area contributed by atoms with E-state index in [4.69, 9.17) is 32.7 Å². The van der Waals surface area contributed by atoms with E-state index in [-0.39, 0.29) is 19.8 Å². The van der Waals surface area contributed by atoms with E-state index in [2.05, 4.69) is 16.1 Å². The molecule has 0 spiro atoms. The smallest absolute Gasteiger partial charge is 0.354 e. The molecule has 3 aromatic rings. The van der Waals surface area contributed by atoms with Crippen molar-refractivity contribution in [2.24, 2.45) is 0 Å². The van der Waals surface area contributed by atoms with Crippen LogP contribution in [-0.2, 0) is 29.0 Å². The van der Waals surface area contributed by atoms with Crippen molar-refractivity contribution in [1.29, 1.82) is 5.26 Å². The van der Waals surface area contributed by atoms with Crippen LogP contribution in [0.5, 0.6) is 0 Å². The van der Waals surface area contributed by atoms with Gasteiger partial charge in [-0.15, -0.1) is 0 Å². The largest absolute Gasteiger partial charge is 0.382 e. The van der Waals surface area contributed by atoms with E-state index in [9.17, 15) is 14.9 Å². The molecule has 1 heterocycles. The van der Waals surface area contributed by atoms with E-state index in [0.717, 1.165) is 29.3 Å². The molecule has 2 aromatic carbocycles. The molecule has 0 amide bonds. The summed E-state index contributed by atoms with van der Waals surface area (Å²) in [6, 6.07) is 11.1. The van der Waals surface area contributed by atoms with Gasteiger partial charge in [0.1, 0.15) is 12.9 Å². The fourth-order valence-corrected chi connectivity index (χ4v) is 4.31. The summed E-state index contributed by atoms with van der Waals surface area (Å²) in [5, 5.41) is 14.6. The number of ether oxygens (including phenoxy) is 2. The molecule has 0 aliphatic heterocycles. The van der Waals surface area contributed by atoms with Crippen molar-refractivity contribution < 1.29 is 9.47 Å². The average Bonchev–Trinajstić information content (AvgIpc) is 2.86. The van der Waals surface area contributed by atoms with Gasteiger partial charge in [-0.3, -0.25) is 4.79 Å². The average molecular weight is 546 g/mol. The molecular weight excluding hydrogens is 517 g/mol. The normalized spacial score (nSPS) is 11.2. The van der Waals surface area contributed by atoms with Gasteiger partial charge in [0.05, 0.1) is 36.4 Å². The maximum atomic E-state index is 13.6. The topological polar surface area (TPSA) is 102 Å². The molecule has 0 atom stereocenters. The predicted octanol–water partition coefficient (Wildman–Crippen LogP) is 3.55. The van der Waals surface area contributed by atoms with E-state index >= 15 is 0 Å². The molecule has 196 valence electrons. The number of nitriles is 1. The molecule has 0 saturated carbocycles. The number of aromatic nitrogens is 3. The fraction of sp³-hybridized carbons (Fsp3) is 0.385. The zero-order chi connectivity index (χ0) is 26.9. The molecule has 0 N–H and O–H groups in total. The van der Waals surface area contributed by atoms with Crippen LogP contribution in [0.2, 0.25) is 10.0 Å². The van der Waals surface area contributed by atoms with E-state index in [1.54, 1.807) is 18.2 Å². The van der Waals surface area contributed by atoms with Crippen LogP contribution >= 0.6 is 23.2 Å². The lowest BCUT2D eigenvalue weighted by Gasteiger charge is -2.21. The SMILES string of the molecule is COCCOCn1c(=O)cnn(-c2c(-c3ccc(Cl)cc3)cc(CC#N)c(Cl)c2CCCN(C)C)c1=O. The van der Waals surface area contributed by atoms with Gasteiger partial charge in [0, 0.05) is 17.7 Å². The van der Waals surface area contributed by atoms with Crippen molar-refractivity contribution in [3.63, 3.8) is 0 Å². The lowest BCUT2D eigenvalue weighted by Crippen LogP contribution is -2.41. The molecule has 11 heteroatoms. The van der Waals surface area contributed by atoms with Crippen LogP contribution in [0.3, 0.4) is 0 Å². The summed E-state index contributed by atoms with van der Waals surface area (Å²) in [4.78, 5) is 28.1. The third-order valence-electron chi connectivity index (χ3n) is 5.69. The number of nitrogens with zero attached hydrogens (tertiary/aromatic N) is 5. The van der Waals surface area contributed by atoms with Gasteiger partial charge in [-0.25, -0.2) is 9.36 Å². The van der Waals surface area contributed by atoms with E-state index in [1.165, 1.54) is 11.8 Å². The number of benzene rings is 2. The van der Waals surface area contributed by atoms with Crippen LogP contribution in [0.15, 0.2) is 46.1 Å². The summed E-state index contributed by atoms with van der Waals surface area (Å²) in [5.41, 5.74) is 1.90. The summed E-state index contributed by atoms with van der Waals surface area (Å²) in [6.45, 7) is 1.06. The second-order valence-electron chi connectivity index (χ2n) is 8.61. The van der Waals surface area contributed by atoms with Gasteiger partial charge < -0.3 is 14.4 Å². The Morgan fingerprint density at radius 3 is 2.51 bits per heavy atom. The minimum absolute atomic E-state index is 0.0928. The zero-order valence-electron chi connectivity index (χ0n) is 21.0. The second kappa shape index (κ2) is 13.5. The molecule has 0 saturated heterocycles. The van der Waals surface area contributed by atoms with Gasteiger partial charge in [0.2, 0.25) is 0 Å². The van der Waals surface area contributed by atoms with Crippen LogP contribution in [0, 0.1) is 11.3 Å². The third-order valence-corrected chi connectivity index (χ3v) is 6.41. The van der Waals surface area contributed by atoms with E-state index < -0.39 is 11.2 Å². The van der Waals surface area contributed by atoms with Gasteiger partial charge >= 0.3 is 5.69 Å². The van der Waals surface area contributed by atoms with Gasteiger partial charge in [-0.2, -0.15) is 15.0 Å². The molecule has 9 nitrogen and oxygen atoms in total. The molecule has 37 heavy (non-hydrogen) atoms. The van der Waals surface area contributed by atoms with E-state index in [1.807, 2.05) is 26.2 Å². The van der Waals surface area contributed by atoms with E-state index in [0.29, 0.717) is 45.5 Å². The van der Waals surface area contributed by atoms with Crippen LogP contribution in [0.4, 0.5) is 0 Å². The lowest BCUT2D eigenvalue weighted by atomic mass is 9.93. The monoisotopic (exact) mass is 545 g/mol. The van der Waals surface area contributed by atoms with Gasteiger partial charge in [0.25, 0.3) is 5.56 Å². The summed E-state index contributed by atoms with van der Waals surface area (Å²) < 4.78 is 12.6. The first-order chi connectivity index (χ1) is 17.8. The van der Waals surface area contributed by atoms with Gasteiger partial charge in [0.15, 0.2) is 0 Å². The number of halogens is 2. The van der Waals surface area contributed by atoms with Gasteiger partial charge in [-0.1, -0.05) is 35.3 Å². The standard InChI is InChI=1S/C26H29Cl2N5O4/c1-31(2)12-4-5-21-24(28)19(10-11-29)15-22(18-6-8-20(27)9-7-18)25(21)33-26(35)32(23(34)16-30-33)17-37-14-13-36-3/h6-9,15-16H,4-5,10,12-14,17H2,1-3H3. The van der Waals surface area contributed by atoms with Crippen LogP contribution in [0.1, 0.15) is 17.5 Å². The Morgan fingerprint density at radius 2 is 1.86 bits per heavy atom. The Hall–Kier alpha value is -3.00. The Morgan fingerprint density at radius 1 is 1.14 bits per heavy atom. The van der Waals surface area contributed by atoms with Crippen LogP contribution in [0.25, 0.3) is 16.8 Å². The fourth-order valence-electron chi connectivity index (χ4n) is 3.88. The second-order valence-corrected chi connectivity index (χ2v) is 9.42. The maximum Gasteiger partial charge on any atom is 0.354 e. The highest BCUT2D eigenvalue weighted by molar-refractivity contribution is 6.32. The number of hydrogen-bond donors (Lipinski definition) is 0. The van der Waals surface area contributed by atoms with Crippen molar-refractivity contribution in [1.82, 2.24) is 19.2 Å². The van der Waals surface area contributed by atoms with Crippen molar-refractivity contribution >= 4 is 23.2 Å². The zero-order valence-corrected chi connectivity index (χ0v) is 22.6. The highest BCUT2D eigenvalue weighted by Crippen LogP contribution is 2.37. The van der Waals surface area contributed by atoms with Gasteiger partial charge in [-0.05, 0) is 68.4 Å². The minimum atomic E-state index is -0.668. The number of hydrogen-bond acceptors (Lipinski definition) is 7. The quantitative estimate of drug-likeness (QED) is 0.320. The molecule has 0 fully saturated rings. The molecule has 3 rings (SSSR count). The van der Waals surface area contributed by atoms with Crippen molar-refractivity contribution in [2.75, 3.05) is 41.0 Å². The molecule has 0 aliphatic carbocycles. The molecule has 0 bridgehead atoms. The first-order valence-electron chi connectivity index (χ1n) is 11.7. The Labute approximate surface area is 225 Å². The molecule has 1 aromatic heterocycles. The number of methoxy groups -OCH3 is 1. The van der Waals surface area contributed by atoms with Crippen molar-refractivity contribution in [3.8, 4) is 22.9 Å². The predicted molar refractivity (Wildman–Crippen MR) is 144 cm³/mol. The summed E-state index contributed by atoms with van der Waals surface area (Å²) in [5.74, 6) is 0. The highest BCUT2D eigenvalue weighted by Gasteiger charge is 2.22. The van der Waals surface area contributed by atoms with Crippen LogP contribution in [-0.4, -0.2) is 60.2 Å².